The van der Waals surface area contributed by atoms with Crippen LogP contribution in [0.3, 0.4) is 0 Å². The lowest BCUT2D eigenvalue weighted by Gasteiger charge is -2.16. The smallest absolute Gasteiger partial charge is 0.203 e. The topological polar surface area (TPSA) is 77.0 Å². The Balaban J connectivity index is 0.00000450. The van der Waals surface area contributed by atoms with Gasteiger partial charge in [0.1, 0.15) is 0 Å². The predicted molar refractivity (Wildman–Crippen MR) is 134 cm³/mol. The zero-order valence-corrected chi connectivity index (χ0v) is 21.8. The van der Waals surface area contributed by atoms with Crippen LogP contribution in [0.15, 0.2) is 17.1 Å². The average Bonchev–Trinajstić information content (AvgIpc) is 3.04. The average molecular weight is 548 g/mol. The molecule has 0 atom stereocenters. The van der Waals surface area contributed by atoms with E-state index in [0.29, 0.717) is 30.3 Å². The normalized spacial score (nSPS) is 10.9. The number of thiazole rings is 1. The van der Waals surface area contributed by atoms with Crippen LogP contribution in [0.1, 0.15) is 28.1 Å². The maximum absolute atomic E-state index is 5.56. The van der Waals surface area contributed by atoms with Crippen molar-refractivity contribution < 1.29 is 14.2 Å². The van der Waals surface area contributed by atoms with Crippen molar-refractivity contribution in [2.75, 3.05) is 41.0 Å². The molecule has 2 aromatic rings. The van der Waals surface area contributed by atoms with E-state index in [-0.39, 0.29) is 24.0 Å². The molecule has 1 heterocycles. The van der Waals surface area contributed by atoms with Crippen molar-refractivity contribution >= 4 is 41.3 Å². The lowest BCUT2D eigenvalue weighted by molar-refractivity contribution is 0.322. The summed E-state index contributed by atoms with van der Waals surface area (Å²) in [5, 5.41) is 7.80. The molecule has 2 N–H and O–H groups in total. The molecule has 0 radical (unpaired) electrons. The minimum Gasteiger partial charge on any atom is -0.493 e. The van der Waals surface area contributed by atoms with Crippen molar-refractivity contribution in [3.63, 3.8) is 0 Å². The number of aliphatic imine (C=N–C) groups is 1. The van der Waals surface area contributed by atoms with Crippen molar-refractivity contribution in [3.05, 3.63) is 33.3 Å². The zero-order valence-electron chi connectivity index (χ0n) is 18.6. The first-order chi connectivity index (χ1) is 14.0. The third kappa shape index (κ3) is 7.19. The molecule has 0 spiro atoms. The van der Waals surface area contributed by atoms with Gasteiger partial charge in [0, 0.05) is 36.5 Å². The molecule has 1 aromatic carbocycles. The van der Waals surface area contributed by atoms with Gasteiger partial charge in [0.05, 0.1) is 32.0 Å². The second-order valence-electron chi connectivity index (χ2n) is 6.43. The van der Waals surface area contributed by atoms with Crippen LogP contribution in [0.5, 0.6) is 17.2 Å². The Labute approximate surface area is 200 Å². The van der Waals surface area contributed by atoms with Gasteiger partial charge >= 0.3 is 0 Å². The van der Waals surface area contributed by atoms with Crippen molar-refractivity contribution in [2.24, 2.45) is 4.99 Å². The predicted octanol–water partition coefficient (Wildman–Crippen LogP) is 3.74. The zero-order chi connectivity index (χ0) is 21.2. The molecular weight excluding hydrogens is 515 g/mol. The van der Waals surface area contributed by atoms with Gasteiger partial charge in [-0.15, -0.1) is 35.3 Å². The van der Waals surface area contributed by atoms with E-state index in [1.807, 2.05) is 19.1 Å². The number of ether oxygens (including phenoxy) is 3. The second kappa shape index (κ2) is 13.5. The standard InChI is InChI=1S/C21H32N4O3S.HI/c1-7-22-21(24-13-11-18-25-14(2)15(3)29-18)23-12-10-16-8-9-17(26-4)20(28-6)19(16)27-5;/h8-9H,7,10-13H2,1-6H3,(H2,22,23,24);1H. The van der Waals surface area contributed by atoms with E-state index in [1.165, 1.54) is 4.88 Å². The molecular formula is C21H33IN4O3S. The van der Waals surface area contributed by atoms with Crippen molar-refractivity contribution in [3.8, 4) is 17.2 Å². The van der Waals surface area contributed by atoms with E-state index >= 15 is 0 Å². The Hall–Kier alpha value is -1.75. The van der Waals surface area contributed by atoms with Gasteiger partial charge in [-0.1, -0.05) is 6.07 Å². The van der Waals surface area contributed by atoms with E-state index in [1.54, 1.807) is 32.7 Å². The summed E-state index contributed by atoms with van der Waals surface area (Å²) in [7, 11) is 4.87. The molecule has 0 aliphatic carbocycles. The molecule has 168 valence electrons. The molecule has 2 rings (SSSR count). The van der Waals surface area contributed by atoms with Gasteiger partial charge in [0.15, 0.2) is 17.5 Å². The number of aromatic nitrogens is 1. The van der Waals surface area contributed by atoms with Crippen LogP contribution in [0.2, 0.25) is 0 Å². The van der Waals surface area contributed by atoms with Crippen LogP contribution >= 0.6 is 35.3 Å². The molecule has 0 fully saturated rings. The Morgan fingerprint density at radius 2 is 1.77 bits per heavy atom. The molecule has 0 saturated heterocycles. The van der Waals surface area contributed by atoms with Crippen LogP contribution in [0.25, 0.3) is 0 Å². The van der Waals surface area contributed by atoms with E-state index in [4.69, 9.17) is 14.2 Å². The van der Waals surface area contributed by atoms with Crippen molar-refractivity contribution in [1.82, 2.24) is 15.6 Å². The molecule has 0 saturated carbocycles. The van der Waals surface area contributed by atoms with Gasteiger partial charge in [-0.3, -0.25) is 4.99 Å². The highest BCUT2D eigenvalue weighted by Gasteiger charge is 2.15. The maximum atomic E-state index is 5.56. The summed E-state index contributed by atoms with van der Waals surface area (Å²) >= 11 is 1.75. The number of guanidine groups is 1. The summed E-state index contributed by atoms with van der Waals surface area (Å²) in [6.45, 7) is 8.43. The third-order valence-electron chi connectivity index (χ3n) is 4.49. The molecule has 0 amide bonds. The van der Waals surface area contributed by atoms with Gasteiger partial charge in [-0.25, -0.2) is 4.98 Å². The number of hydrogen-bond acceptors (Lipinski definition) is 6. The number of aryl methyl sites for hydroxylation is 2. The molecule has 9 heteroatoms. The maximum Gasteiger partial charge on any atom is 0.203 e. The second-order valence-corrected chi connectivity index (χ2v) is 7.72. The SMILES string of the molecule is CCNC(=NCCc1nc(C)c(C)s1)NCCc1ccc(OC)c(OC)c1OC.I. The van der Waals surface area contributed by atoms with Crippen LogP contribution in [-0.4, -0.2) is 51.9 Å². The minimum absolute atomic E-state index is 0. The van der Waals surface area contributed by atoms with Crippen molar-refractivity contribution in [2.45, 2.75) is 33.6 Å². The monoisotopic (exact) mass is 548 g/mol. The Morgan fingerprint density at radius 3 is 2.33 bits per heavy atom. The van der Waals surface area contributed by atoms with E-state index in [9.17, 15) is 0 Å². The minimum atomic E-state index is 0. The number of halogens is 1. The lowest BCUT2D eigenvalue weighted by atomic mass is 10.1. The number of nitrogens with zero attached hydrogens (tertiary/aromatic N) is 2. The van der Waals surface area contributed by atoms with Crippen LogP contribution in [0.4, 0.5) is 0 Å². The molecule has 0 aliphatic heterocycles. The Kier molecular flexibility index (Phi) is 11.9. The fourth-order valence-electron chi connectivity index (χ4n) is 2.93. The number of methoxy groups -OCH3 is 3. The van der Waals surface area contributed by atoms with E-state index < -0.39 is 0 Å². The van der Waals surface area contributed by atoms with Gasteiger partial charge in [-0.05, 0) is 33.3 Å². The first kappa shape index (κ1) is 26.3. The van der Waals surface area contributed by atoms with Gasteiger partial charge < -0.3 is 24.8 Å². The number of hydrogen-bond donors (Lipinski definition) is 2. The fourth-order valence-corrected chi connectivity index (χ4v) is 3.85. The van der Waals surface area contributed by atoms with Crippen LogP contribution < -0.4 is 24.8 Å². The van der Waals surface area contributed by atoms with Gasteiger partial charge in [-0.2, -0.15) is 0 Å². The third-order valence-corrected chi connectivity index (χ3v) is 5.62. The largest absolute Gasteiger partial charge is 0.493 e. The first-order valence-electron chi connectivity index (χ1n) is 9.76. The highest BCUT2D eigenvalue weighted by atomic mass is 127. The quantitative estimate of drug-likeness (QED) is 0.268. The number of rotatable bonds is 10. The summed E-state index contributed by atoms with van der Waals surface area (Å²) in [6, 6.07) is 3.90. The van der Waals surface area contributed by atoms with Gasteiger partial charge in [0.25, 0.3) is 0 Å². The number of benzene rings is 1. The Morgan fingerprint density at radius 1 is 1.03 bits per heavy atom. The highest BCUT2D eigenvalue weighted by molar-refractivity contribution is 14.0. The molecule has 0 aliphatic rings. The van der Waals surface area contributed by atoms with Crippen LogP contribution in [0, 0.1) is 13.8 Å². The summed E-state index contributed by atoms with van der Waals surface area (Å²) in [5.41, 5.74) is 2.16. The molecule has 7 nitrogen and oxygen atoms in total. The van der Waals surface area contributed by atoms with Crippen LogP contribution in [-0.2, 0) is 12.8 Å². The lowest BCUT2D eigenvalue weighted by Crippen LogP contribution is -2.38. The highest BCUT2D eigenvalue weighted by Crippen LogP contribution is 2.39. The first-order valence-corrected chi connectivity index (χ1v) is 10.6. The summed E-state index contributed by atoms with van der Waals surface area (Å²) in [5.74, 6) is 2.77. The Bertz CT molecular complexity index is 807. The van der Waals surface area contributed by atoms with Gasteiger partial charge in [0.2, 0.25) is 5.75 Å². The van der Waals surface area contributed by atoms with E-state index in [0.717, 1.165) is 41.6 Å². The summed E-state index contributed by atoms with van der Waals surface area (Å²) < 4.78 is 16.4. The summed E-state index contributed by atoms with van der Waals surface area (Å²) in [4.78, 5) is 10.5. The fraction of sp³-hybridized carbons (Fsp3) is 0.524. The molecule has 0 bridgehead atoms. The van der Waals surface area contributed by atoms with E-state index in [2.05, 4.69) is 34.5 Å². The summed E-state index contributed by atoms with van der Waals surface area (Å²) in [6.07, 6.45) is 1.61. The molecule has 0 unspecified atom stereocenters. The van der Waals surface area contributed by atoms with Crippen molar-refractivity contribution in [1.29, 1.82) is 0 Å². The number of nitrogens with one attached hydrogen (secondary N) is 2. The molecule has 30 heavy (non-hydrogen) atoms. The molecule has 1 aromatic heterocycles.